The van der Waals surface area contributed by atoms with E-state index in [2.05, 4.69) is 19.6 Å². The first-order valence-corrected chi connectivity index (χ1v) is 16.4. The van der Waals surface area contributed by atoms with Crippen LogP contribution in [0.1, 0.15) is 19.3 Å². The lowest BCUT2D eigenvalue weighted by atomic mass is 10.2. The van der Waals surface area contributed by atoms with E-state index in [1.54, 1.807) is 0 Å². The highest BCUT2D eigenvalue weighted by Crippen LogP contribution is 2.13. The van der Waals surface area contributed by atoms with Crippen molar-refractivity contribution in [2.75, 3.05) is 112 Å². The molecule has 1 heterocycles. The van der Waals surface area contributed by atoms with Crippen LogP contribution in [-0.2, 0) is 47.1 Å². The highest BCUT2D eigenvalue weighted by molar-refractivity contribution is 6.69. The van der Waals surface area contributed by atoms with Crippen molar-refractivity contribution >= 4 is 8.32 Å². The van der Waals surface area contributed by atoms with Crippen molar-refractivity contribution in [1.82, 2.24) is 0 Å². The topological polar surface area (TPSA) is 92.3 Å². The van der Waals surface area contributed by atoms with Gasteiger partial charge in [0.2, 0.25) is 0 Å². The molecule has 1 saturated heterocycles. The molecule has 10 nitrogen and oxygen atoms in total. The minimum absolute atomic E-state index is 0.0570. The largest absolute Gasteiger partial charge is 0.415 e. The fourth-order valence-electron chi connectivity index (χ4n) is 2.91. The summed E-state index contributed by atoms with van der Waals surface area (Å²) in [5.74, 6) is 0. The summed E-state index contributed by atoms with van der Waals surface area (Å²) in [7, 11) is -1.44. The normalized spacial score (nSPS) is 16.7. The highest BCUT2D eigenvalue weighted by atomic mass is 28.4. The first-order chi connectivity index (χ1) is 17.1. The summed E-state index contributed by atoms with van der Waals surface area (Å²) in [6.45, 7) is 16.2. The Morgan fingerprint density at radius 1 is 0.514 bits per heavy atom. The summed E-state index contributed by atoms with van der Waals surface area (Å²) < 4.78 is 55.1. The van der Waals surface area contributed by atoms with Gasteiger partial charge in [-0.05, 0) is 38.9 Å². The number of hydrogen-bond acceptors (Lipinski definition) is 10. The Kier molecular flexibility index (Phi) is 22.7. The molecule has 0 saturated carbocycles. The molecule has 35 heavy (non-hydrogen) atoms. The average Bonchev–Trinajstić information content (AvgIpc) is 2.84. The van der Waals surface area contributed by atoms with Gasteiger partial charge in [0.15, 0.2) is 14.6 Å². The van der Waals surface area contributed by atoms with Crippen molar-refractivity contribution in [3.05, 3.63) is 0 Å². The Balaban J connectivity index is 1.63. The molecule has 1 atom stereocenters. The summed E-state index contributed by atoms with van der Waals surface area (Å²) in [5, 5.41) is 0. The van der Waals surface area contributed by atoms with Crippen LogP contribution in [0, 0.1) is 0 Å². The summed E-state index contributed by atoms with van der Waals surface area (Å²) in [6.07, 6.45) is 3.22. The van der Waals surface area contributed by atoms with Crippen molar-refractivity contribution < 1.29 is 47.1 Å². The van der Waals surface area contributed by atoms with Gasteiger partial charge in [0.25, 0.3) is 0 Å². The Bertz CT molecular complexity index is 433. The van der Waals surface area contributed by atoms with Crippen LogP contribution in [0.4, 0.5) is 0 Å². The van der Waals surface area contributed by atoms with Gasteiger partial charge in [-0.25, -0.2) is 0 Å². The van der Waals surface area contributed by atoms with Crippen molar-refractivity contribution in [1.29, 1.82) is 0 Å². The quantitative estimate of drug-likeness (QED) is 0.124. The summed E-state index contributed by atoms with van der Waals surface area (Å²) in [4.78, 5) is 0. The predicted octanol–water partition coefficient (Wildman–Crippen LogP) is 2.50. The summed E-state index contributed by atoms with van der Waals surface area (Å²) in [5.41, 5.74) is 0. The van der Waals surface area contributed by atoms with E-state index in [1.165, 1.54) is 6.42 Å². The van der Waals surface area contributed by atoms with Crippen LogP contribution in [0.25, 0.3) is 0 Å². The minimum Gasteiger partial charge on any atom is -0.415 e. The molecule has 0 aliphatic carbocycles. The maximum absolute atomic E-state index is 5.71. The molecule has 0 aromatic heterocycles. The van der Waals surface area contributed by atoms with E-state index in [9.17, 15) is 0 Å². The van der Waals surface area contributed by atoms with Crippen molar-refractivity contribution in [3.8, 4) is 0 Å². The maximum Gasteiger partial charge on any atom is 0.183 e. The van der Waals surface area contributed by atoms with E-state index < -0.39 is 8.32 Å². The molecule has 1 aliphatic heterocycles. The average molecular weight is 527 g/mol. The number of ether oxygens (including phenoxy) is 9. The van der Waals surface area contributed by atoms with Crippen LogP contribution < -0.4 is 0 Å². The van der Waals surface area contributed by atoms with Crippen LogP contribution in [0.2, 0.25) is 19.6 Å². The highest BCUT2D eigenvalue weighted by Gasteiger charge is 2.13. The Hall–Kier alpha value is -0.183. The second-order valence-electron chi connectivity index (χ2n) is 8.91. The predicted molar refractivity (Wildman–Crippen MR) is 135 cm³/mol. The Morgan fingerprint density at radius 2 is 0.886 bits per heavy atom. The Morgan fingerprint density at radius 3 is 1.23 bits per heavy atom. The first-order valence-electron chi connectivity index (χ1n) is 13.0. The van der Waals surface area contributed by atoms with Gasteiger partial charge in [0.05, 0.1) is 106 Å². The summed E-state index contributed by atoms with van der Waals surface area (Å²) in [6, 6.07) is 0. The molecule has 0 amide bonds. The van der Waals surface area contributed by atoms with Gasteiger partial charge in [-0.1, -0.05) is 0 Å². The molecule has 1 fully saturated rings. The van der Waals surface area contributed by atoms with Gasteiger partial charge in [-0.2, -0.15) is 0 Å². The molecule has 0 spiro atoms. The Labute approximate surface area is 213 Å². The fourth-order valence-corrected chi connectivity index (χ4v) is 3.61. The fraction of sp³-hybridized carbons (Fsp3) is 1.00. The zero-order valence-corrected chi connectivity index (χ0v) is 23.3. The van der Waals surface area contributed by atoms with Crippen LogP contribution in [0.5, 0.6) is 0 Å². The lowest BCUT2D eigenvalue weighted by Gasteiger charge is -2.22. The zero-order chi connectivity index (χ0) is 25.3. The minimum atomic E-state index is -1.44. The molecular formula is C24H50O10Si. The molecule has 1 aliphatic rings. The lowest BCUT2D eigenvalue weighted by molar-refractivity contribution is -0.169. The SMILES string of the molecule is C[Si](C)(C)OCCOCCOCCOCCOCCOCCOCCOCCOC1CCCCO1. The van der Waals surface area contributed by atoms with Gasteiger partial charge in [-0.3, -0.25) is 0 Å². The molecule has 210 valence electrons. The second-order valence-corrected chi connectivity index (χ2v) is 13.4. The van der Waals surface area contributed by atoms with Crippen molar-refractivity contribution in [3.63, 3.8) is 0 Å². The van der Waals surface area contributed by atoms with E-state index in [0.717, 1.165) is 19.4 Å². The van der Waals surface area contributed by atoms with Gasteiger partial charge in [0, 0.05) is 6.61 Å². The van der Waals surface area contributed by atoms with Gasteiger partial charge in [-0.15, -0.1) is 0 Å². The van der Waals surface area contributed by atoms with E-state index in [-0.39, 0.29) is 6.29 Å². The third kappa shape index (κ3) is 25.3. The zero-order valence-electron chi connectivity index (χ0n) is 22.3. The van der Waals surface area contributed by atoms with Crippen LogP contribution in [0.15, 0.2) is 0 Å². The molecule has 0 radical (unpaired) electrons. The second kappa shape index (κ2) is 24.2. The third-order valence-corrected chi connectivity index (χ3v) is 5.73. The lowest BCUT2D eigenvalue weighted by Crippen LogP contribution is -2.27. The smallest absolute Gasteiger partial charge is 0.183 e. The molecule has 0 aromatic rings. The monoisotopic (exact) mass is 526 g/mol. The van der Waals surface area contributed by atoms with Crippen LogP contribution in [-0.4, -0.2) is 127 Å². The van der Waals surface area contributed by atoms with Gasteiger partial charge >= 0.3 is 0 Å². The molecule has 11 heteroatoms. The maximum atomic E-state index is 5.71. The first kappa shape index (κ1) is 32.8. The molecular weight excluding hydrogens is 476 g/mol. The molecule has 0 aromatic carbocycles. The molecule has 0 N–H and O–H groups in total. The van der Waals surface area contributed by atoms with Crippen LogP contribution >= 0.6 is 0 Å². The van der Waals surface area contributed by atoms with E-state index >= 15 is 0 Å². The van der Waals surface area contributed by atoms with E-state index in [1.807, 2.05) is 0 Å². The molecule has 0 bridgehead atoms. The van der Waals surface area contributed by atoms with Crippen molar-refractivity contribution in [2.24, 2.45) is 0 Å². The number of hydrogen-bond donors (Lipinski definition) is 0. The molecule has 1 rings (SSSR count). The van der Waals surface area contributed by atoms with Gasteiger partial charge < -0.3 is 47.1 Å². The van der Waals surface area contributed by atoms with Gasteiger partial charge in [0.1, 0.15) is 0 Å². The van der Waals surface area contributed by atoms with E-state index in [4.69, 9.17) is 47.1 Å². The van der Waals surface area contributed by atoms with E-state index in [0.29, 0.717) is 106 Å². The third-order valence-electron chi connectivity index (χ3n) is 4.66. The molecule has 1 unspecified atom stereocenters. The standard InChI is InChI=1S/C24H50O10Si/c1-35(2,3)34-23-21-31-19-17-29-15-13-27-11-9-25-8-10-26-12-14-28-16-18-30-20-22-33-24-6-4-5-7-32-24/h24H,4-23H2,1-3H3. The number of rotatable bonds is 26. The van der Waals surface area contributed by atoms with Crippen molar-refractivity contribution in [2.45, 2.75) is 45.2 Å². The summed E-state index contributed by atoms with van der Waals surface area (Å²) >= 11 is 0. The van der Waals surface area contributed by atoms with Crippen LogP contribution in [0.3, 0.4) is 0 Å².